The van der Waals surface area contributed by atoms with E-state index in [1.807, 2.05) is 11.1 Å². The van der Waals surface area contributed by atoms with Gasteiger partial charge in [-0.25, -0.2) is 4.98 Å². The number of hydrogen-bond donors (Lipinski definition) is 2. The zero-order valence-electron chi connectivity index (χ0n) is 10.1. The Morgan fingerprint density at radius 2 is 2.24 bits per heavy atom. The maximum absolute atomic E-state index is 11.7. The first kappa shape index (κ1) is 12.1. The van der Waals surface area contributed by atoms with Crippen LogP contribution in [0.25, 0.3) is 0 Å². The number of nitrogens with zero attached hydrogens (tertiary/aromatic N) is 3. The Balaban J connectivity index is 1.80. The van der Waals surface area contributed by atoms with Crippen molar-refractivity contribution < 1.29 is 4.79 Å². The number of nitrogens with two attached hydrogens (primary N) is 1. The van der Waals surface area contributed by atoms with Gasteiger partial charge < -0.3 is 15.6 Å². The molecule has 1 fully saturated rings. The number of rotatable bonds is 3. The van der Waals surface area contributed by atoms with Gasteiger partial charge in [0.2, 0.25) is 5.91 Å². The lowest BCUT2D eigenvalue weighted by molar-refractivity contribution is -0.134. The van der Waals surface area contributed by atoms with E-state index in [2.05, 4.69) is 14.9 Å². The molecular formula is C11H19N5O. The number of aromatic nitrogens is 2. The summed E-state index contributed by atoms with van der Waals surface area (Å²) in [6, 6.07) is -0.397. The van der Waals surface area contributed by atoms with Gasteiger partial charge in [0, 0.05) is 38.6 Å². The van der Waals surface area contributed by atoms with E-state index in [1.54, 1.807) is 13.1 Å². The molecule has 0 aliphatic carbocycles. The van der Waals surface area contributed by atoms with Gasteiger partial charge in [0.25, 0.3) is 0 Å². The minimum absolute atomic E-state index is 0.0441. The number of hydrogen-bond acceptors (Lipinski definition) is 4. The lowest BCUT2D eigenvalue weighted by atomic mass is 10.2. The van der Waals surface area contributed by atoms with Gasteiger partial charge in [-0.15, -0.1) is 0 Å². The third-order valence-electron chi connectivity index (χ3n) is 3.00. The minimum atomic E-state index is -0.397. The van der Waals surface area contributed by atoms with Crippen molar-refractivity contribution in [1.82, 2.24) is 19.8 Å². The van der Waals surface area contributed by atoms with Gasteiger partial charge in [-0.3, -0.25) is 9.69 Å². The molecule has 6 nitrogen and oxygen atoms in total. The molecule has 0 aromatic carbocycles. The average Bonchev–Trinajstić information content (AvgIpc) is 2.82. The van der Waals surface area contributed by atoms with Gasteiger partial charge >= 0.3 is 0 Å². The SMILES string of the molecule is C[C@@H](N)C(=O)N1CCN(Cc2ncc[nH]2)CC1. The largest absolute Gasteiger partial charge is 0.348 e. The van der Waals surface area contributed by atoms with Crippen molar-refractivity contribution in [2.45, 2.75) is 19.5 Å². The van der Waals surface area contributed by atoms with Crippen molar-refractivity contribution in [3.8, 4) is 0 Å². The summed E-state index contributed by atoms with van der Waals surface area (Å²) in [5.41, 5.74) is 5.59. The standard InChI is InChI=1S/C11H19N5O/c1-9(12)11(17)16-6-4-15(5-7-16)8-10-13-2-3-14-10/h2-3,9H,4-8,12H2,1H3,(H,13,14)/t9-/m1/s1. The summed E-state index contributed by atoms with van der Waals surface area (Å²) >= 11 is 0. The van der Waals surface area contributed by atoms with Crippen LogP contribution in [0.3, 0.4) is 0 Å². The van der Waals surface area contributed by atoms with E-state index < -0.39 is 6.04 Å². The average molecular weight is 237 g/mol. The number of H-pyrrole nitrogens is 1. The molecule has 0 bridgehead atoms. The molecule has 1 saturated heterocycles. The summed E-state index contributed by atoms with van der Waals surface area (Å²) < 4.78 is 0. The summed E-state index contributed by atoms with van der Waals surface area (Å²) in [7, 11) is 0. The highest BCUT2D eigenvalue weighted by atomic mass is 16.2. The summed E-state index contributed by atoms with van der Waals surface area (Å²) in [6.45, 7) is 5.80. The Morgan fingerprint density at radius 3 is 2.76 bits per heavy atom. The molecule has 2 rings (SSSR count). The van der Waals surface area contributed by atoms with E-state index in [0.29, 0.717) is 0 Å². The molecule has 94 valence electrons. The number of carbonyl (C=O) groups excluding carboxylic acids is 1. The minimum Gasteiger partial charge on any atom is -0.348 e. The molecule has 17 heavy (non-hydrogen) atoms. The maximum Gasteiger partial charge on any atom is 0.239 e. The van der Waals surface area contributed by atoms with Crippen LogP contribution >= 0.6 is 0 Å². The number of aromatic amines is 1. The van der Waals surface area contributed by atoms with Gasteiger partial charge in [0.1, 0.15) is 5.82 Å². The van der Waals surface area contributed by atoms with Gasteiger partial charge in [0.15, 0.2) is 0 Å². The highest BCUT2D eigenvalue weighted by Gasteiger charge is 2.23. The molecule has 0 saturated carbocycles. The molecule has 1 aliphatic rings. The van der Waals surface area contributed by atoms with Gasteiger partial charge in [0.05, 0.1) is 12.6 Å². The number of imidazole rings is 1. The van der Waals surface area contributed by atoms with Crippen LogP contribution in [-0.2, 0) is 11.3 Å². The molecule has 0 spiro atoms. The van der Waals surface area contributed by atoms with Crippen LogP contribution < -0.4 is 5.73 Å². The van der Waals surface area contributed by atoms with Crippen molar-refractivity contribution in [1.29, 1.82) is 0 Å². The summed E-state index contributed by atoms with van der Waals surface area (Å²) in [5, 5.41) is 0. The van der Waals surface area contributed by atoms with Crippen LogP contribution in [0.15, 0.2) is 12.4 Å². The fraction of sp³-hybridized carbons (Fsp3) is 0.636. The second-order valence-corrected chi connectivity index (χ2v) is 4.43. The summed E-state index contributed by atoms with van der Waals surface area (Å²) in [5.74, 6) is 1.01. The molecule has 2 heterocycles. The predicted octanol–water partition coefficient (Wildman–Crippen LogP) is -0.599. The van der Waals surface area contributed by atoms with Crippen LogP contribution in [-0.4, -0.2) is 57.9 Å². The van der Waals surface area contributed by atoms with E-state index >= 15 is 0 Å². The first-order valence-electron chi connectivity index (χ1n) is 5.92. The Labute approximate surface area is 101 Å². The lowest BCUT2D eigenvalue weighted by Gasteiger charge is -2.35. The molecule has 1 atom stereocenters. The Kier molecular flexibility index (Phi) is 3.75. The van der Waals surface area contributed by atoms with Gasteiger partial charge in [-0.1, -0.05) is 0 Å². The van der Waals surface area contributed by atoms with Gasteiger partial charge in [-0.2, -0.15) is 0 Å². The summed E-state index contributed by atoms with van der Waals surface area (Å²) in [6.07, 6.45) is 3.58. The van der Waals surface area contributed by atoms with E-state index in [1.165, 1.54) is 0 Å². The molecule has 1 aromatic rings. The monoisotopic (exact) mass is 237 g/mol. The number of nitrogens with one attached hydrogen (secondary N) is 1. The molecule has 1 aliphatic heterocycles. The van der Waals surface area contributed by atoms with Crippen LogP contribution in [0, 0.1) is 0 Å². The zero-order chi connectivity index (χ0) is 12.3. The third-order valence-corrected chi connectivity index (χ3v) is 3.00. The van der Waals surface area contributed by atoms with E-state index in [0.717, 1.165) is 38.5 Å². The van der Waals surface area contributed by atoms with E-state index in [-0.39, 0.29) is 5.91 Å². The Morgan fingerprint density at radius 1 is 1.53 bits per heavy atom. The highest BCUT2D eigenvalue weighted by molar-refractivity contribution is 5.81. The maximum atomic E-state index is 11.7. The molecule has 1 aromatic heterocycles. The second-order valence-electron chi connectivity index (χ2n) is 4.43. The molecule has 1 amide bonds. The van der Waals surface area contributed by atoms with Crippen LogP contribution in [0.4, 0.5) is 0 Å². The molecule has 0 unspecified atom stereocenters. The smallest absolute Gasteiger partial charge is 0.239 e. The topological polar surface area (TPSA) is 78.2 Å². The van der Waals surface area contributed by atoms with E-state index in [9.17, 15) is 4.79 Å². The van der Waals surface area contributed by atoms with Gasteiger partial charge in [-0.05, 0) is 6.92 Å². The van der Waals surface area contributed by atoms with Crippen LogP contribution in [0.5, 0.6) is 0 Å². The summed E-state index contributed by atoms with van der Waals surface area (Å²) in [4.78, 5) is 23.1. The Hall–Kier alpha value is -1.40. The van der Waals surface area contributed by atoms with Crippen molar-refractivity contribution in [2.24, 2.45) is 5.73 Å². The molecule has 6 heteroatoms. The third kappa shape index (κ3) is 3.04. The highest BCUT2D eigenvalue weighted by Crippen LogP contribution is 2.06. The predicted molar refractivity (Wildman–Crippen MR) is 64.1 cm³/mol. The number of carbonyl (C=O) groups is 1. The fourth-order valence-electron chi connectivity index (χ4n) is 2.01. The van der Waals surface area contributed by atoms with Crippen LogP contribution in [0.2, 0.25) is 0 Å². The fourth-order valence-corrected chi connectivity index (χ4v) is 2.01. The quantitative estimate of drug-likeness (QED) is 0.736. The van der Waals surface area contributed by atoms with Crippen molar-refractivity contribution in [3.63, 3.8) is 0 Å². The first-order chi connectivity index (χ1) is 8.16. The van der Waals surface area contributed by atoms with Crippen LogP contribution in [0.1, 0.15) is 12.7 Å². The zero-order valence-corrected chi connectivity index (χ0v) is 10.1. The Bertz CT molecular complexity index is 354. The first-order valence-corrected chi connectivity index (χ1v) is 5.92. The van der Waals surface area contributed by atoms with E-state index in [4.69, 9.17) is 5.73 Å². The number of amides is 1. The van der Waals surface area contributed by atoms with Crippen molar-refractivity contribution in [3.05, 3.63) is 18.2 Å². The second kappa shape index (κ2) is 5.29. The van der Waals surface area contributed by atoms with Crippen molar-refractivity contribution >= 4 is 5.91 Å². The molecule has 3 N–H and O–H groups in total. The normalized spacial score (nSPS) is 19.3. The lowest BCUT2D eigenvalue weighted by Crippen LogP contribution is -2.52. The number of piperazine rings is 1. The van der Waals surface area contributed by atoms with Crippen molar-refractivity contribution in [2.75, 3.05) is 26.2 Å². The molecular weight excluding hydrogens is 218 g/mol. The molecule has 0 radical (unpaired) electrons.